The topological polar surface area (TPSA) is 86.7 Å². The van der Waals surface area contributed by atoms with Crippen molar-refractivity contribution < 1.29 is 26.3 Å². The third-order valence-electron chi connectivity index (χ3n) is 1.28. The molecule has 1 aromatic rings. The molecule has 0 radical (unpaired) electrons. The largest absolute Gasteiger partial charge is 0.508 e. The van der Waals surface area contributed by atoms with Crippen molar-refractivity contribution in [3.8, 4) is 5.75 Å². The van der Waals surface area contributed by atoms with Crippen molar-refractivity contribution in [2.45, 2.75) is 12.6 Å². The van der Waals surface area contributed by atoms with Crippen molar-refractivity contribution >= 4 is 0 Å². The molecule has 1 atom stereocenters. The fraction of sp³-hybridized carbons (Fsp3) is 0.333. The molecule has 1 aromatic carbocycles. The van der Waals surface area contributed by atoms with Crippen molar-refractivity contribution in [3.63, 3.8) is 0 Å². The van der Waals surface area contributed by atoms with Crippen LogP contribution in [0.1, 0.15) is 28.2 Å². The summed E-state index contributed by atoms with van der Waals surface area (Å²) in [5.74, 6) is -1.21. The summed E-state index contributed by atoms with van der Waals surface area (Å²) in [7, 11) is 0. The molecule has 0 aromatic heterocycles. The molecular formula is C9H13NO3. The Bertz CT molecular complexity index is 578. The normalized spacial score (nSPS) is 26.4. The lowest BCUT2D eigenvalue weighted by atomic mass is 10.1. The molecule has 4 heteroatoms. The van der Waals surface area contributed by atoms with Crippen LogP contribution in [0.15, 0.2) is 18.1 Å². The van der Waals surface area contributed by atoms with E-state index in [4.69, 9.17) is 16.7 Å². The number of nitrogens with two attached hydrogens (primary N) is 1. The Labute approximate surface area is 87.5 Å². The lowest BCUT2D eigenvalue weighted by Crippen LogP contribution is -2.11. The Morgan fingerprint density at radius 1 is 1.69 bits per heavy atom. The van der Waals surface area contributed by atoms with Gasteiger partial charge in [-0.05, 0) is 17.6 Å². The summed E-state index contributed by atoms with van der Waals surface area (Å²) in [5.41, 5.74) is 2.69. The maximum absolute atomic E-state index is 9.85. The Morgan fingerprint density at radius 2 is 2.38 bits per heavy atom. The predicted molar refractivity (Wildman–Crippen MR) is 48.0 cm³/mol. The van der Waals surface area contributed by atoms with Crippen LogP contribution in [0.3, 0.4) is 0 Å². The minimum atomic E-state index is -3.37. The van der Waals surface area contributed by atoms with Gasteiger partial charge in [-0.2, -0.15) is 0 Å². The van der Waals surface area contributed by atoms with E-state index in [9.17, 15) is 15.3 Å². The molecule has 1 unspecified atom stereocenters. The lowest BCUT2D eigenvalue weighted by molar-refractivity contribution is 0.186. The van der Waals surface area contributed by atoms with Gasteiger partial charge in [0.1, 0.15) is 5.75 Å². The number of rotatable bonds is 3. The van der Waals surface area contributed by atoms with Gasteiger partial charge in [-0.25, -0.2) is 0 Å². The highest BCUT2D eigenvalue weighted by atomic mass is 16.3. The molecule has 13 heavy (non-hydrogen) atoms. The predicted octanol–water partition coefficient (Wildman–Crippen LogP) is -0.123. The maximum atomic E-state index is 9.85. The van der Waals surface area contributed by atoms with Gasteiger partial charge in [0, 0.05) is 14.8 Å². The Kier molecular flexibility index (Phi) is 1.16. The first-order chi connectivity index (χ1) is 9.14. The van der Waals surface area contributed by atoms with Crippen LogP contribution in [0.5, 0.6) is 5.75 Å². The van der Waals surface area contributed by atoms with E-state index in [-0.39, 0.29) is 0 Å². The molecule has 1 rings (SSSR count). The van der Waals surface area contributed by atoms with Crippen molar-refractivity contribution in [2.24, 2.45) is 5.73 Å². The SMILES string of the molecule is [2H]c1c([2H])c(C([2H])(O)C([2H])([2H])N)c([2H])c(C([2H])([2H])O)c1O. The lowest BCUT2D eigenvalue weighted by Gasteiger charge is -2.09. The van der Waals surface area contributed by atoms with Gasteiger partial charge in [0.25, 0.3) is 0 Å². The van der Waals surface area contributed by atoms with Crippen LogP contribution in [-0.2, 0) is 6.56 Å². The summed E-state index contributed by atoms with van der Waals surface area (Å²) in [6.45, 7) is -6.46. The third-order valence-corrected chi connectivity index (χ3v) is 1.28. The highest BCUT2D eigenvalue weighted by Gasteiger charge is 2.07. The van der Waals surface area contributed by atoms with Gasteiger partial charge >= 0.3 is 0 Å². The standard InChI is InChI=1S/C9H13NO3/c10-4-9(13)6-1-2-8(12)7(3-6)5-11/h1-3,9,11-13H,4-5,10H2/i1D,2D,3D,4D2,5D2,9D. The fourth-order valence-corrected chi connectivity index (χ4v) is 0.671. The minimum absolute atomic E-state index is 1.07. The second kappa shape index (κ2) is 4.23. The van der Waals surface area contributed by atoms with E-state index in [1.165, 1.54) is 0 Å². The molecule has 72 valence electrons. The van der Waals surface area contributed by atoms with Crippen LogP contribution < -0.4 is 5.73 Å². The summed E-state index contributed by atoms with van der Waals surface area (Å²) in [4.78, 5) is 0. The summed E-state index contributed by atoms with van der Waals surface area (Å²) < 4.78 is 58.7. The molecule has 0 aliphatic heterocycles. The van der Waals surface area contributed by atoms with E-state index in [2.05, 4.69) is 0 Å². The van der Waals surface area contributed by atoms with Gasteiger partial charge < -0.3 is 21.1 Å². The zero-order chi connectivity index (χ0) is 17.0. The average Bonchev–Trinajstić information content (AvgIpc) is 2.22. The first-order valence-electron chi connectivity index (χ1n) is 7.21. The molecule has 4 nitrogen and oxygen atoms in total. The zero-order valence-corrected chi connectivity index (χ0v) is 6.42. The second-order valence-corrected chi connectivity index (χ2v) is 2.08. The maximum Gasteiger partial charge on any atom is 0.121 e. The molecule has 0 amide bonds. The van der Waals surface area contributed by atoms with E-state index in [0.29, 0.717) is 0 Å². The first kappa shape index (κ1) is 3.57. The van der Waals surface area contributed by atoms with Crippen LogP contribution >= 0.6 is 0 Å². The smallest absolute Gasteiger partial charge is 0.121 e. The highest BCUT2D eigenvalue weighted by molar-refractivity contribution is 5.36. The molecular weight excluding hydrogens is 170 g/mol. The van der Waals surface area contributed by atoms with Gasteiger partial charge in [-0.3, -0.25) is 0 Å². The zero-order valence-electron chi connectivity index (χ0n) is 14.4. The number of phenols is 1. The average molecular weight is 191 g/mol. The quantitative estimate of drug-likeness (QED) is 0.536. The van der Waals surface area contributed by atoms with E-state index >= 15 is 0 Å². The van der Waals surface area contributed by atoms with Crippen LogP contribution in [0.4, 0.5) is 0 Å². The molecule has 0 aliphatic carbocycles. The van der Waals surface area contributed by atoms with Crippen LogP contribution in [-0.4, -0.2) is 21.8 Å². The van der Waals surface area contributed by atoms with Gasteiger partial charge in [-0.1, -0.05) is 6.04 Å². The molecule has 0 heterocycles. The highest BCUT2D eigenvalue weighted by Crippen LogP contribution is 2.21. The molecule has 0 aliphatic rings. The summed E-state index contributed by atoms with van der Waals surface area (Å²) in [5, 5.41) is 28.7. The van der Waals surface area contributed by atoms with Crippen LogP contribution in [0.25, 0.3) is 0 Å². The molecule has 0 bridgehead atoms. The van der Waals surface area contributed by atoms with Crippen molar-refractivity contribution in [2.75, 3.05) is 6.50 Å². The molecule has 5 N–H and O–H groups in total. The molecule has 0 saturated carbocycles. The number of aliphatic hydroxyl groups is 2. The van der Waals surface area contributed by atoms with Crippen molar-refractivity contribution in [1.29, 1.82) is 0 Å². The third kappa shape index (κ3) is 2.18. The molecule has 0 spiro atoms. The number of hydrogen-bond donors (Lipinski definition) is 4. The van der Waals surface area contributed by atoms with Crippen molar-refractivity contribution in [3.05, 3.63) is 29.3 Å². The summed E-state index contributed by atoms with van der Waals surface area (Å²) >= 11 is 0. The van der Waals surface area contributed by atoms with Gasteiger partial charge in [0.15, 0.2) is 0 Å². The molecule has 0 saturated heterocycles. The van der Waals surface area contributed by atoms with Crippen LogP contribution in [0.2, 0.25) is 0 Å². The Morgan fingerprint density at radius 3 is 2.92 bits per heavy atom. The van der Waals surface area contributed by atoms with Crippen molar-refractivity contribution in [1.82, 2.24) is 0 Å². The minimum Gasteiger partial charge on any atom is -0.508 e. The summed E-state index contributed by atoms with van der Waals surface area (Å²) in [6, 6.07) is -3.34. The number of aromatic hydroxyl groups is 1. The van der Waals surface area contributed by atoms with Crippen LogP contribution in [0, 0.1) is 0 Å². The van der Waals surface area contributed by atoms with Gasteiger partial charge in [0.05, 0.1) is 20.9 Å². The summed E-state index contributed by atoms with van der Waals surface area (Å²) in [6.07, 6.45) is -3.37. The monoisotopic (exact) mass is 191 g/mol. The van der Waals surface area contributed by atoms with Gasteiger partial charge in [0.2, 0.25) is 0 Å². The Hall–Kier alpha value is -1.10. The van der Waals surface area contributed by atoms with E-state index in [1.807, 2.05) is 0 Å². The van der Waals surface area contributed by atoms with E-state index in [1.54, 1.807) is 0 Å². The second-order valence-electron chi connectivity index (χ2n) is 2.08. The van der Waals surface area contributed by atoms with E-state index < -0.39 is 54.1 Å². The fourth-order valence-electron chi connectivity index (χ4n) is 0.671. The first-order valence-corrected chi connectivity index (χ1v) is 3.21. The number of hydrogen-bond acceptors (Lipinski definition) is 4. The Balaban J connectivity index is 3.91. The number of benzene rings is 1. The van der Waals surface area contributed by atoms with E-state index in [0.717, 1.165) is 0 Å². The molecule has 0 fully saturated rings. The van der Waals surface area contributed by atoms with Gasteiger partial charge in [-0.15, -0.1) is 0 Å².